The third kappa shape index (κ3) is 2.96. The molecule has 7 nitrogen and oxygen atoms in total. The van der Waals surface area contributed by atoms with Crippen molar-refractivity contribution >= 4 is 17.5 Å². The maximum atomic E-state index is 12.7. The van der Waals surface area contributed by atoms with Gasteiger partial charge in [-0.2, -0.15) is 0 Å². The minimum atomic E-state index is -0.704. The first-order valence-corrected chi connectivity index (χ1v) is 10.1. The number of ether oxygens (including phenoxy) is 3. The molecule has 0 aromatic heterocycles. The Morgan fingerprint density at radius 2 is 1.80 bits per heavy atom. The molecule has 0 unspecified atom stereocenters. The molecule has 7 heteroatoms. The summed E-state index contributed by atoms with van der Waals surface area (Å²) in [5.74, 6) is 1.25. The molecule has 2 heterocycles. The van der Waals surface area contributed by atoms with Crippen LogP contribution >= 0.6 is 0 Å². The van der Waals surface area contributed by atoms with Crippen LogP contribution in [0.5, 0.6) is 11.5 Å². The van der Waals surface area contributed by atoms with Crippen molar-refractivity contribution in [3.05, 3.63) is 53.1 Å². The zero-order chi connectivity index (χ0) is 21.5. The van der Waals surface area contributed by atoms with E-state index in [1.54, 1.807) is 21.1 Å². The number of aryl methyl sites for hydroxylation is 1. The molecule has 4 rings (SSSR count). The second kappa shape index (κ2) is 7.55. The van der Waals surface area contributed by atoms with Crippen LogP contribution in [0.25, 0.3) is 0 Å². The Bertz CT molecular complexity index is 1000. The van der Waals surface area contributed by atoms with Gasteiger partial charge in [-0.05, 0) is 57.0 Å². The fourth-order valence-corrected chi connectivity index (χ4v) is 4.29. The average Bonchev–Trinajstić information content (AvgIpc) is 3.07. The molecule has 0 N–H and O–H groups in total. The molecule has 30 heavy (non-hydrogen) atoms. The van der Waals surface area contributed by atoms with Gasteiger partial charge >= 0.3 is 5.97 Å². The Hall–Kier alpha value is -3.22. The molecule has 0 saturated carbocycles. The fourth-order valence-electron chi connectivity index (χ4n) is 4.29. The number of hydrogen-bond acceptors (Lipinski definition) is 7. The Balaban J connectivity index is 1.90. The van der Waals surface area contributed by atoms with Gasteiger partial charge in [-0.15, -0.1) is 5.10 Å². The van der Waals surface area contributed by atoms with E-state index in [1.165, 1.54) is 0 Å². The predicted molar refractivity (Wildman–Crippen MR) is 115 cm³/mol. The molecule has 0 spiro atoms. The average molecular weight is 409 g/mol. The molecular formula is C23H27N3O4. The summed E-state index contributed by atoms with van der Waals surface area (Å²) in [7, 11) is 3.26. The van der Waals surface area contributed by atoms with E-state index < -0.39 is 11.6 Å². The molecule has 2 aliphatic rings. The van der Waals surface area contributed by atoms with Crippen LogP contribution in [0, 0.1) is 6.92 Å². The zero-order valence-electron chi connectivity index (χ0n) is 18.1. The summed E-state index contributed by atoms with van der Waals surface area (Å²) in [6.45, 7) is 6.86. The first-order valence-electron chi connectivity index (χ1n) is 10.1. The van der Waals surface area contributed by atoms with Crippen LogP contribution in [-0.2, 0) is 21.6 Å². The Kier molecular flexibility index (Phi) is 5.05. The van der Waals surface area contributed by atoms with Gasteiger partial charge in [0.15, 0.2) is 17.2 Å². The number of nitrogens with zero attached hydrogens (tertiary/aromatic N) is 3. The van der Waals surface area contributed by atoms with Crippen LogP contribution < -0.4 is 14.5 Å². The van der Waals surface area contributed by atoms with Gasteiger partial charge in [0, 0.05) is 12.1 Å². The number of amidine groups is 1. The number of rotatable bonds is 5. The highest BCUT2D eigenvalue weighted by Gasteiger charge is 2.52. The molecule has 158 valence electrons. The minimum absolute atomic E-state index is 0.300. The number of benzene rings is 2. The van der Waals surface area contributed by atoms with Gasteiger partial charge in [-0.3, -0.25) is 0 Å². The van der Waals surface area contributed by atoms with Crippen LogP contribution in [-0.4, -0.2) is 44.1 Å². The number of esters is 1. The van der Waals surface area contributed by atoms with Crippen molar-refractivity contribution in [3.8, 4) is 11.5 Å². The predicted octanol–water partition coefficient (Wildman–Crippen LogP) is 3.44. The molecule has 0 amide bonds. The van der Waals surface area contributed by atoms with Gasteiger partial charge in [0.05, 0.1) is 26.5 Å². The van der Waals surface area contributed by atoms with E-state index in [0.29, 0.717) is 30.5 Å². The van der Waals surface area contributed by atoms with E-state index in [9.17, 15) is 4.79 Å². The van der Waals surface area contributed by atoms with Crippen molar-refractivity contribution < 1.29 is 19.0 Å². The monoisotopic (exact) mass is 409 g/mol. The van der Waals surface area contributed by atoms with Crippen molar-refractivity contribution in [3.63, 3.8) is 0 Å². The minimum Gasteiger partial charge on any atom is -0.493 e. The summed E-state index contributed by atoms with van der Waals surface area (Å²) >= 11 is 0. The van der Waals surface area contributed by atoms with E-state index in [2.05, 4.69) is 6.92 Å². The molecule has 0 saturated heterocycles. The van der Waals surface area contributed by atoms with Gasteiger partial charge in [0.1, 0.15) is 0 Å². The third-order valence-electron chi connectivity index (χ3n) is 5.85. The second-order valence-electron chi connectivity index (χ2n) is 7.58. The third-order valence-corrected chi connectivity index (χ3v) is 5.85. The number of hydrogen-bond donors (Lipinski definition) is 0. The fraction of sp³-hybridized carbons (Fsp3) is 0.391. The topological polar surface area (TPSA) is 63.6 Å². The quantitative estimate of drug-likeness (QED) is 0.705. The van der Waals surface area contributed by atoms with Crippen LogP contribution in [0.1, 0.15) is 30.5 Å². The highest BCUT2D eigenvalue weighted by atomic mass is 16.5. The van der Waals surface area contributed by atoms with E-state index >= 15 is 0 Å². The molecule has 2 aromatic carbocycles. The number of fused-ring (bicyclic) bond motifs is 3. The maximum Gasteiger partial charge on any atom is 0.376 e. The molecule has 2 aromatic rings. The molecule has 2 aliphatic heterocycles. The number of anilines is 1. The Morgan fingerprint density at radius 1 is 1.13 bits per heavy atom. The highest BCUT2D eigenvalue weighted by molar-refractivity contribution is 6.36. The standard InChI is InChI=1S/C23H27N3O4/c1-6-30-22(27)21-24-26(17-9-7-15(2)8-10-17)23(3)18-14-20(29-5)19(28-4)13-16(18)11-12-25(21)23/h7-10,13-14H,6,11-12H2,1-5H3/t23-/m0/s1. The van der Waals surface area contributed by atoms with Gasteiger partial charge in [-0.1, -0.05) is 17.7 Å². The molecule has 0 fully saturated rings. The van der Waals surface area contributed by atoms with Crippen molar-refractivity contribution in [2.24, 2.45) is 5.10 Å². The summed E-state index contributed by atoms with van der Waals surface area (Å²) in [4.78, 5) is 14.8. The number of carbonyl (C=O) groups is 1. The molecule has 0 aliphatic carbocycles. The van der Waals surface area contributed by atoms with Crippen LogP contribution in [0.2, 0.25) is 0 Å². The summed E-state index contributed by atoms with van der Waals surface area (Å²) < 4.78 is 16.4. The lowest BCUT2D eigenvalue weighted by Crippen LogP contribution is -2.55. The largest absolute Gasteiger partial charge is 0.493 e. The zero-order valence-corrected chi connectivity index (χ0v) is 18.1. The molecule has 0 bridgehead atoms. The van der Waals surface area contributed by atoms with Crippen LogP contribution in [0.4, 0.5) is 5.69 Å². The molecular weight excluding hydrogens is 382 g/mol. The van der Waals surface area contributed by atoms with Crippen molar-refractivity contribution in [1.82, 2.24) is 4.90 Å². The second-order valence-corrected chi connectivity index (χ2v) is 7.58. The SMILES string of the molecule is CCOC(=O)C1=NN(c2ccc(C)cc2)[C@@]2(C)c3cc(OC)c(OC)cc3CCN12. The van der Waals surface area contributed by atoms with Gasteiger partial charge in [0.25, 0.3) is 0 Å². The first-order chi connectivity index (χ1) is 14.4. The summed E-state index contributed by atoms with van der Waals surface area (Å²) in [6, 6.07) is 12.1. The first kappa shape index (κ1) is 20.1. The Morgan fingerprint density at radius 3 is 2.43 bits per heavy atom. The maximum absolute atomic E-state index is 12.7. The summed E-state index contributed by atoms with van der Waals surface area (Å²) in [6.07, 6.45) is 0.755. The smallest absolute Gasteiger partial charge is 0.376 e. The lowest BCUT2D eigenvalue weighted by molar-refractivity contribution is -0.136. The van der Waals surface area contributed by atoms with E-state index in [1.807, 2.05) is 53.2 Å². The summed E-state index contributed by atoms with van der Waals surface area (Å²) in [5.41, 5.74) is 3.52. The van der Waals surface area contributed by atoms with Crippen LogP contribution in [0.3, 0.4) is 0 Å². The van der Waals surface area contributed by atoms with E-state index in [-0.39, 0.29) is 0 Å². The van der Waals surface area contributed by atoms with Crippen molar-refractivity contribution in [2.75, 3.05) is 32.4 Å². The van der Waals surface area contributed by atoms with Crippen molar-refractivity contribution in [2.45, 2.75) is 32.9 Å². The number of carbonyl (C=O) groups excluding carboxylic acids is 1. The van der Waals surface area contributed by atoms with Gasteiger partial charge in [-0.25, -0.2) is 9.80 Å². The molecule has 0 radical (unpaired) electrons. The lowest BCUT2D eigenvalue weighted by atomic mass is 9.87. The van der Waals surface area contributed by atoms with E-state index in [4.69, 9.17) is 19.3 Å². The van der Waals surface area contributed by atoms with Crippen molar-refractivity contribution in [1.29, 1.82) is 0 Å². The highest BCUT2D eigenvalue weighted by Crippen LogP contribution is 2.47. The van der Waals surface area contributed by atoms with Gasteiger partial charge in [0.2, 0.25) is 5.84 Å². The van der Waals surface area contributed by atoms with Gasteiger partial charge < -0.3 is 19.1 Å². The van der Waals surface area contributed by atoms with E-state index in [0.717, 1.165) is 28.8 Å². The normalized spacial score (nSPS) is 19.7. The lowest BCUT2D eigenvalue weighted by Gasteiger charge is -2.46. The Labute approximate surface area is 176 Å². The summed E-state index contributed by atoms with van der Waals surface area (Å²) in [5, 5.41) is 6.65. The number of methoxy groups -OCH3 is 2. The molecule has 1 atom stereocenters. The number of hydrazone groups is 1. The van der Waals surface area contributed by atoms with Crippen LogP contribution in [0.15, 0.2) is 41.5 Å².